The molecule has 1 saturated carbocycles. The molecule has 1 fully saturated rings. The molecule has 1 N–H and O–H groups in total. The van der Waals surface area contributed by atoms with Crippen LogP contribution in [0.15, 0.2) is 0 Å². The van der Waals surface area contributed by atoms with Crippen molar-refractivity contribution >= 4 is 0 Å². The van der Waals surface area contributed by atoms with E-state index in [0.717, 1.165) is 13.0 Å². The van der Waals surface area contributed by atoms with Gasteiger partial charge in [0.05, 0.1) is 6.61 Å². The Morgan fingerprint density at radius 3 is 2.78 bits per heavy atom. The SMILES string of the molecule is COC[C@]1(C)C[C@H]1CO. The van der Waals surface area contributed by atoms with Crippen LogP contribution in [0.25, 0.3) is 0 Å². The van der Waals surface area contributed by atoms with E-state index >= 15 is 0 Å². The molecule has 9 heavy (non-hydrogen) atoms. The number of hydrogen-bond donors (Lipinski definition) is 1. The topological polar surface area (TPSA) is 29.5 Å². The van der Waals surface area contributed by atoms with Crippen molar-refractivity contribution in [1.29, 1.82) is 0 Å². The zero-order chi connectivity index (χ0) is 6.91. The van der Waals surface area contributed by atoms with Gasteiger partial charge < -0.3 is 9.84 Å². The van der Waals surface area contributed by atoms with Crippen LogP contribution in [0.4, 0.5) is 0 Å². The normalized spacial score (nSPS) is 41.0. The molecular formula is C7H14O2. The molecule has 0 aromatic rings. The van der Waals surface area contributed by atoms with Gasteiger partial charge in [-0.2, -0.15) is 0 Å². The lowest BCUT2D eigenvalue weighted by Gasteiger charge is -2.06. The fourth-order valence-electron chi connectivity index (χ4n) is 1.30. The lowest BCUT2D eigenvalue weighted by molar-refractivity contribution is 0.131. The number of methoxy groups -OCH3 is 1. The summed E-state index contributed by atoms with van der Waals surface area (Å²) >= 11 is 0. The zero-order valence-corrected chi connectivity index (χ0v) is 6.05. The third-order valence-corrected chi connectivity index (χ3v) is 2.23. The lowest BCUT2D eigenvalue weighted by atomic mass is 10.1. The van der Waals surface area contributed by atoms with Gasteiger partial charge in [-0.05, 0) is 17.8 Å². The summed E-state index contributed by atoms with van der Waals surface area (Å²) in [6.07, 6.45) is 1.12. The van der Waals surface area contributed by atoms with Gasteiger partial charge in [0.1, 0.15) is 0 Å². The van der Waals surface area contributed by atoms with Gasteiger partial charge in [-0.25, -0.2) is 0 Å². The van der Waals surface area contributed by atoms with Gasteiger partial charge in [-0.3, -0.25) is 0 Å². The second kappa shape index (κ2) is 2.27. The molecule has 0 saturated heterocycles. The third-order valence-electron chi connectivity index (χ3n) is 2.23. The highest BCUT2D eigenvalue weighted by Crippen LogP contribution is 2.51. The molecule has 0 amide bonds. The number of rotatable bonds is 3. The first kappa shape index (κ1) is 7.03. The van der Waals surface area contributed by atoms with Gasteiger partial charge in [0.25, 0.3) is 0 Å². The summed E-state index contributed by atoms with van der Waals surface area (Å²) in [5.74, 6) is 0.498. The van der Waals surface area contributed by atoms with Crippen LogP contribution in [-0.4, -0.2) is 25.4 Å². The summed E-state index contributed by atoms with van der Waals surface area (Å²) in [6, 6.07) is 0. The van der Waals surface area contributed by atoms with Crippen molar-refractivity contribution in [3.05, 3.63) is 0 Å². The van der Waals surface area contributed by atoms with Crippen molar-refractivity contribution in [3.63, 3.8) is 0 Å². The lowest BCUT2D eigenvalue weighted by Crippen LogP contribution is -2.08. The van der Waals surface area contributed by atoms with E-state index in [1.54, 1.807) is 7.11 Å². The number of aliphatic hydroxyl groups is 1. The standard InChI is InChI=1S/C7H14O2/c1-7(5-9-2)3-6(7)4-8/h6,8H,3-5H2,1-2H3/t6-,7-/m0/s1. The smallest absolute Gasteiger partial charge is 0.0519 e. The second-order valence-electron chi connectivity index (χ2n) is 3.17. The maximum absolute atomic E-state index is 8.71. The minimum absolute atomic E-state index is 0.295. The van der Waals surface area contributed by atoms with E-state index in [4.69, 9.17) is 9.84 Å². The first-order chi connectivity index (χ1) is 4.23. The summed E-state index contributed by atoms with van der Waals surface area (Å²) < 4.78 is 4.99. The van der Waals surface area contributed by atoms with Crippen LogP contribution in [0, 0.1) is 11.3 Å². The Morgan fingerprint density at radius 1 is 1.78 bits per heavy atom. The molecule has 1 aliphatic carbocycles. The average Bonchev–Trinajstić information content (AvgIpc) is 2.43. The zero-order valence-electron chi connectivity index (χ0n) is 6.05. The number of hydrogen-bond acceptors (Lipinski definition) is 2. The second-order valence-corrected chi connectivity index (χ2v) is 3.17. The van der Waals surface area contributed by atoms with Crippen molar-refractivity contribution in [3.8, 4) is 0 Å². The van der Waals surface area contributed by atoms with Crippen molar-refractivity contribution in [1.82, 2.24) is 0 Å². The van der Waals surface area contributed by atoms with Gasteiger partial charge >= 0.3 is 0 Å². The predicted molar refractivity (Wildman–Crippen MR) is 35.2 cm³/mol. The molecule has 0 bridgehead atoms. The summed E-state index contributed by atoms with van der Waals surface area (Å²) in [7, 11) is 1.71. The van der Waals surface area contributed by atoms with Crippen LogP contribution in [0.5, 0.6) is 0 Å². The van der Waals surface area contributed by atoms with Gasteiger partial charge in [0.2, 0.25) is 0 Å². The highest BCUT2D eigenvalue weighted by molar-refractivity contribution is 4.98. The van der Waals surface area contributed by atoms with Gasteiger partial charge in [-0.1, -0.05) is 6.92 Å². The minimum atomic E-state index is 0.295. The van der Waals surface area contributed by atoms with E-state index in [2.05, 4.69) is 6.92 Å². The maximum atomic E-state index is 8.71. The van der Waals surface area contributed by atoms with Crippen LogP contribution < -0.4 is 0 Å². The highest BCUT2D eigenvalue weighted by atomic mass is 16.5. The molecule has 0 radical (unpaired) electrons. The molecule has 54 valence electrons. The van der Waals surface area contributed by atoms with E-state index in [1.165, 1.54) is 0 Å². The van der Waals surface area contributed by atoms with Gasteiger partial charge in [-0.15, -0.1) is 0 Å². The van der Waals surface area contributed by atoms with Crippen LogP contribution in [0.3, 0.4) is 0 Å². The molecule has 2 heteroatoms. The minimum Gasteiger partial charge on any atom is -0.396 e. The Bertz CT molecular complexity index is 103. The van der Waals surface area contributed by atoms with E-state index in [9.17, 15) is 0 Å². The van der Waals surface area contributed by atoms with Gasteiger partial charge in [0, 0.05) is 13.7 Å². The molecule has 0 unspecified atom stereocenters. The van der Waals surface area contributed by atoms with E-state index in [1.807, 2.05) is 0 Å². The first-order valence-corrected chi connectivity index (χ1v) is 3.33. The first-order valence-electron chi connectivity index (χ1n) is 3.33. The van der Waals surface area contributed by atoms with Gasteiger partial charge in [0.15, 0.2) is 0 Å². The van der Waals surface area contributed by atoms with E-state index in [-0.39, 0.29) is 0 Å². The Labute approximate surface area is 55.8 Å². The molecule has 0 aromatic carbocycles. The van der Waals surface area contributed by atoms with Crippen molar-refractivity contribution in [2.75, 3.05) is 20.3 Å². The monoisotopic (exact) mass is 130 g/mol. The molecule has 2 nitrogen and oxygen atoms in total. The van der Waals surface area contributed by atoms with Crippen molar-refractivity contribution in [2.45, 2.75) is 13.3 Å². The molecule has 0 heterocycles. The summed E-state index contributed by atoms with van der Waals surface area (Å²) in [6.45, 7) is 3.26. The van der Waals surface area contributed by atoms with E-state index < -0.39 is 0 Å². The fourth-order valence-corrected chi connectivity index (χ4v) is 1.30. The molecule has 2 atom stereocenters. The largest absolute Gasteiger partial charge is 0.396 e. The number of ether oxygens (including phenoxy) is 1. The molecule has 1 rings (SSSR count). The quantitative estimate of drug-likeness (QED) is 0.608. The fraction of sp³-hybridized carbons (Fsp3) is 1.00. The van der Waals surface area contributed by atoms with Crippen LogP contribution in [-0.2, 0) is 4.74 Å². The molecular weight excluding hydrogens is 116 g/mol. The predicted octanol–water partition coefficient (Wildman–Crippen LogP) is 0.651. The molecule has 0 spiro atoms. The number of aliphatic hydroxyl groups excluding tert-OH is 1. The van der Waals surface area contributed by atoms with Crippen LogP contribution in [0.2, 0.25) is 0 Å². The third kappa shape index (κ3) is 1.25. The molecule has 0 aromatic heterocycles. The maximum Gasteiger partial charge on any atom is 0.0519 e. The molecule has 1 aliphatic rings. The van der Waals surface area contributed by atoms with Crippen molar-refractivity contribution in [2.24, 2.45) is 11.3 Å². The Hall–Kier alpha value is -0.0800. The van der Waals surface area contributed by atoms with E-state index in [0.29, 0.717) is 17.9 Å². The Balaban J connectivity index is 2.25. The Kier molecular flexibility index (Phi) is 1.78. The summed E-state index contributed by atoms with van der Waals surface area (Å²) in [5.41, 5.74) is 0.295. The average molecular weight is 130 g/mol. The summed E-state index contributed by atoms with van der Waals surface area (Å²) in [5, 5.41) is 8.71. The highest BCUT2D eigenvalue weighted by Gasteiger charge is 2.49. The Morgan fingerprint density at radius 2 is 2.44 bits per heavy atom. The van der Waals surface area contributed by atoms with Crippen molar-refractivity contribution < 1.29 is 9.84 Å². The van der Waals surface area contributed by atoms with Crippen LogP contribution >= 0.6 is 0 Å². The van der Waals surface area contributed by atoms with Crippen LogP contribution in [0.1, 0.15) is 13.3 Å². The summed E-state index contributed by atoms with van der Waals surface area (Å²) in [4.78, 5) is 0. The molecule has 0 aliphatic heterocycles.